The van der Waals surface area contributed by atoms with Gasteiger partial charge in [0.15, 0.2) is 0 Å². The van der Waals surface area contributed by atoms with Crippen molar-refractivity contribution in [1.82, 2.24) is 0 Å². The van der Waals surface area contributed by atoms with Crippen LogP contribution < -0.4 is 79.3 Å². The number of sulfonamides is 1. The Kier molecular flexibility index (Phi) is 12.6. The van der Waals surface area contributed by atoms with Crippen molar-refractivity contribution in [2.24, 2.45) is 5.14 Å². The first-order valence-corrected chi connectivity index (χ1v) is 12.1. The molecular formula is C14H12BrClNNa2O5PS2. The van der Waals surface area contributed by atoms with Crippen molar-refractivity contribution in [1.29, 1.82) is 0 Å². The van der Waals surface area contributed by atoms with Gasteiger partial charge in [0, 0.05) is 16.0 Å². The van der Waals surface area contributed by atoms with E-state index < -0.39 is 17.6 Å². The Morgan fingerprint density at radius 3 is 2.07 bits per heavy atom. The fraction of sp³-hybridized carbons (Fsp3) is 0.143. The van der Waals surface area contributed by atoms with Crippen molar-refractivity contribution < 1.29 is 81.9 Å². The van der Waals surface area contributed by atoms with Crippen LogP contribution in [0.25, 0.3) is 0 Å². The van der Waals surface area contributed by atoms with E-state index in [4.69, 9.17) is 16.7 Å². The second kappa shape index (κ2) is 11.9. The molecule has 13 heteroatoms. The van der Waals surface area contributed by atoms with Gasteiger partial charge in [0.25, 0.3) is 0 Å². The third-order valence-corrected chi connectivity index (χ3v) is 7.56. The van der Waals surface area contributed by atoms with Gasteiger partial charge in [-0.25, -0.2) is 13.6 Å². The number of hydrogen-bond donors (Lipinski definition) is 1. The molecule has 0 unspecified atom stereocenters. The van der Waals surface area contributed by atoms with Gasteiger partial charge in [0.2, 0.25) is 10.0 Å². The quantitative estimate of drug-likeness (QED) is 0.298. The Hall–Kier alpha value is 1.62. The predicted molar refractivity (Wildman–Crippen MR) is 99.2 cm³/mol. The normalized spacial score (nSPS) is 11.4. The van der Waals surface area contributed by atoms with E-state index in [0.29, 0.717) is 11.5 Å². The minimum Gasteiger partial charge on any atom is -0.807 e. The Labute approximate surface area is 219 Å². The Bertz CT molecular complexity index is 959. The van der Waals surface area contributed by atoms with Crippen LogP contribution in [0, 0.1) is 0 Å². The maximum atomic E-state index is 11.5. The average Bonchev–Trinajstić information content (AvgIpc) is 2.46. The second-order valence-electron chi connectivity index (χ2n) is 5.09. The van der Waals surface area contributed by atoms with Crippen molar-refractivity contribution in [3.8, 4) is 0 Å². The van der Waals surface area contributed by atoms with E-state index in [2.05, 4.69) is 15.9 Å². The van der Waals surface area contributed by atoms with Gasteiger partial charge in [-0.05, 0) is 42.2 Å². The molecule has 2 aromatic carbocycles. The van der Waals surface area contributed by atoms with Gasteiger partial charge in [-0.2, -0.15) is 11.8 Å². The molecule has 0 aliphatic heterocycles. The average molecular weight is 531 g/mol. The van der Waals surface area contributed by atoms with Crippen LogP contribution in [0.1, 0.15) is 11.1 Å². The molecule has 0 heterocycles. The Morgan fingerprint density at radius 1 is 1.07 bits per heavy atom. The van der Waals surface area contributed by atoms with Crippen LogP contribution in [0.4, 0.5) is 0 Å². The molecule has 27 heavy (non-hydrogen) atoms. The summed E-state index contributed by atoms with van der Waals surface area (Å²) in [6.45, 7) is 0. The monoisotopic (exact) mass is 529 g/mol. The van der Waals surface area contributed by atoms with E-state index in [9.17, 15) is 22.8 Å². The van der Waals surface area contributed by atoms with Gasteiger partial charge in [0.1, 0.15) is 4.90 Å². The molecule has 2 N–H and O–H groups in total. The minimum atomic E-state index is -4.81. The van der Waals surface area contributed by atoms with Crippen molar-refractivity contribution in [3.63, 3.8) is 0 Å². The van der Waals surface area contributed by atoms with E-state index in [-0.39, 0.29) is 78.8 Å². The molecular weight excluding hydrogens is 519 g/mol. The summed E-state index contributed by atoms with van der Waals surface area (Å²) in [5.41, 5.74) is 1.55. The summed E-state index contributed by atoms with van der Waals surface area (Å²) in [5.74, 6) is 1.04. The number of thioether (sulfide) groups is 1. The number of nitrogens with two attached hydrogens (primary N) is 1. The molecule has 0 atom stereocenters. The predicted octanol–water partition coefficient (Wildman–Crippen LogP) is -4.27. The van der Waals surface area contributed by atoms with Crippen LogP contribution in [0.2, 0.25) is 5.02 Å². The zero-order chi connectivity index (χ0) is 18.8. The Morgan fingerprint density at radius 2 is 1.59 bits per heavy atom. The Balaban J connectivity index is 0.00000338. The fourth-order valence-corrected chi connectivity index (χ4v) is 5.69. The van der Waals surface area contributed by atoms with Gasteiger partial charge < -0.3 is 14.4 Å². The third kappa shape index (κ3) is 8.71. The van der Waals surface area contributed by atoms with Crippen molar-refractivity contribution in [2.45, 2.75) is 16.4 Å². The molecule has 0 spiro atoms. The molecule has 0 aliphatic rings. The van der Waals surface area contributed by atoms with E-state index >= 15 is 0 Å². The van der Waals surface area contributed by atoms with Crippen LogP contribution in [0.3, 0.4) is 0 Å². The van der Waals surface area contributed by atoms with Gasteiger partial charge in [0.05, 0.1) is 5.02 Å². The number of primary sulfonamides is 1. The van der Waals surface area contributed by atoms with E-state index in [1.54, 1.807) is 18.2 Å². The van der Waals surface area contributed by atoms with Crippen molar-refractivity contribution in [3.05, 3.63) is 57.0 Å². The third-order valence-electron chi connectivity index (χ3n) is 3.15. The summed E-state index contributed by atoms with van der Waals surface area (Å²) >= 11 is 10.4. The number of halogens is 2. The molecule has 0 bridgehead atoms. The molecule has 0 saturated carbocycles. The maximum Gasteiger partial charge on any atom is 1.00 e. The summed E-state index contributed by atoms with van der Waals surface area (Å²) < 4.78 is 34.2. The maximum absolute atomic E-state index is 11.5. The first-order chi connectivity index (χ1) is 11.5. The zero-order valence-electron chi connectivity index (χ0n) is 14.5. The number of hydrogen-bond acceptors (Lipinski definition) is 6. The zero-order valence-corrected chi connectivity index (χ0v) is 23.4. The van der Waals surface area contributed by atoms with E-state index in [1.165, 1.54) is 30.0 Å². The molecule has 6 nitrogen and oxygen atoms in total. The fourth-order valence-electron chi connectivity index (χ4n) is 2.00. The van der Waals surface area contributed by atoms with Gasteiger partial charge in [-0.3, -0.25) is 0 Å². The van der Waals surface area contributed by atoms with Crippen LogP contribution in [0.15, 0.2) is 45.8 Å². The van der Waals surface area contributed by atoms with Gasteiger partial charge in [-0.1, -0.05) is 45.7 Å². The summed E-state index contributed by atoms with van der Waals surface area (Å²) in [4.78, 5) is 22.0. The van der Waals surface area contributed by atoms with Crippen LogP contribution in [0.5, 0.6) is 0 Å². The standard InChI is InChI=1S/C14H14BrClNO5PS2.2Na/c15-11-5-9(2-4-13(11)23(18,19)20)7-24-8-10-1-3-12(16)14(6-10)25(17,21)22;;/h1-6H,7-8H2,(H2,17,21,22)(H2,18,19,20);;/q;2*+1/p-2. The molecule has 2 rings (SSSR count). The summed E-state index contributed by atoms with van der Waals surface area (Å²) in [6, 6.07) is 9.00. The first kappa shape index (κ1) is 28.6. The molecule has 0 amide bonds. The molecule has 2 aromatic rings. The SMILES string of the molecule is NS(=O)(=O)c1cc(CSCc2ccc(P(=O)([O-])[O-])c(Br)c2)ccc1Cl.[Na+].[Na+]. The van der Waals surface area contributed by atoms with Gasteiger partial charge >= 0.3 is 59.1 Å². The van der Waals surface area contributed by atoms with Crippen LogP contribution in [-0.2, 0) is 26.1 Å². The number of rotatable bonds is 6. The molecule has 0 radical (unpaired) electrons. The molecule has 0 saturated heterocycles. The van der Waals surface area contributed by atoms with Crippen molar-refractivity contribution in [2.75, 3.05) is 0 Å². The molecule has 0 aromatic heterocycles. The second-order valence-corrected chi connectivity index (χ2v) is 10.3. The summed E-state index contributed by atoms with van der Waals surface area (Å²) in [5, 5.41) is 4.90. The number of benzene rings is 2. The smallest absolute Gasteiger partial charge is 0.807 e. The van der Waals surface area contributed by atoms with Crippen molar-refractivity contribution >= 4 is 62.2 Å². The molecule has 0 fully saturated rings. The summed E-state index contributed by atoms with van der Waals surface area (Å²) in [7, 11) is -8.70. The largest absolute Gasteiger partial charge is 1.00 e. The summed E-state index contributed by atoms with van der Waals surface area (Å²) in [6.07, 6.45) is 0. The topological polar surface area (TPSA) is 123 Å². The van der Waals surface area contributed by atoms with Gasteiger partial charge in [-0.15, -0.1) is 0 Å². The van der Waals surface area contributed by atoms with E-state index in [0.717, 1.165) is 11.1 Å². The molecule has 136 valence electrons. The van der Waals surface area contributed by atoms with Crippen LogP contribution >= 0.6 is 46.9 Å². The van der Waals surface area contributed by atoms with Crippen LogP contribution in [-0.4, -0.2) is 8.42 Å². The minimum absolute atomic E-state index is 0. The van der Waals surface area contributed by atoms with E-state index in [1.807, 2.05) is 0 Å². The first-order valence-electron chi connectivity index (χ1n) is 6.68. The molecule has 0 aliphatic carbocycles.